The number of carbonyl (C=O) groups excluding carboxylic acids is 1. The first-order valence-corrected chi connectivity index (χ1v) is 7.85. The van der Waals surface area contributed by atoms with E-state index < -0.39 is 5.60 Å². The molecule has 0 aromatic heterocycles. The molecule has 0 aromatic rings. The molecule has 2 heterocycles. The molecule has 6 heteroatoms. The highest BCUT2D eigenvalue weighted by molar-refractivity contribution is 7.80. The molecule has 2 rings (SSSR count). The van der Waals surface area contributed by atoms with Crippen LogP contribution in [0.1, 0.15) is 40.0 Å². The Hall–Kier alpha value is -1.35. The largest absolute Gasteiger partial charge is 0.444 e. The second kappa shape index (κ2) is 6.18. The van der Waals surface area contributed by atoms with Crippen molar-refractivity contribution >= 4 is 18.7 Å². The summed E-state index contributed by atoms with van der Waals surface area (Å²) in [5.41, 5.74) is 1.92. The molecule has 0 saturated carbocycles. The Morgan fingerprint density at radius 3 is 2.71 bits per heavy atom. The van der Waals surface area contributed by atoms with Gasteiger partial charge < -0.3 is 15.0 Å². The third kappa shape index (κ3) is 4.07. The van der Waals surface area contributed by atoms with Gasteiger partial charge in [0.1, 0.15) is 5.60 Å². The summed E-state index contributed by atoms with van der Waals surface area (Å²) in [4.78, 5) is 13.9. The normalized spacial score (nSPS) is 26.3. The predicted molar refractivity (Wildman–Crippen MR) is 83.7 cm³/mol. The minimum absolute atomic E-state index is 0.111. The second-order valence-electron chi connectivity index (χ2n) is 6.58. The summed E-state index contributed by atoms with van der Waals surface area (Å²) in [6, 6.07) is 2.29. The van der Waals surface area contributed by atoms with E-state index in [0.717, 1.165) is 25.0 Å². The Morgan fingerprint density at radius 2 is 2.10 bits per heavy atom. The molecule has 0 radical (unpaired) electrons. The molecule has 21 heavy (non-hydrogen) atoms. The number of carbonyl (C=O) groups is 1. The predicted octanol–water partition coefficient (Wildman–Crippen LogP) is 2.66. The Bertz CT molecular complexity index is 490. The van der Waals surface area contributed by atoms with Gasteiger partial charge in [-0.15, -0.1) is 0 Å². The van der Waals surface area contributed by atoms with Crippen LogP contribution in [0.3, 0.4) is 0 Å². The third-order valence-electron chi connectivity index (χ3n) is 3.73. The molecule has 0 saturated heterocycles. The maximum atomic E-state index is 12.2. The molecular weight excluding hydrogens is 286 g/mol. The lowest BCUT2D eigenvalue weighted by Gasteiger charge is -2.29. The van der Waals surface area contributed by atoms with Crippen LogP contribution in [0.25, 0.3) is 0 Å². The lowest BCUT2D eigenvalue weighted by Crippen LogP contribution is -2.38. The van der Waals surface area contributed by atoms with Crippen LogP contribution in [0.5, 0.6) is 0 Å². The van der Waals surface area contributed by atoms with E-state index in [1.165, 1.54) is 5.57 Å². The number of ether oxygens (including phenoxy) is 1. The highest BCUT2D eigenvalue weighted by Crippen LogP contribution is 2.31. The first-order valence-electron chi connectivity index (χ1n) is 7.33. The van der Waals surface area contributed by atoms with E-state index in [4.69, 9.17) is 10.00 Å². The van der Waals surface area contributed by atoms with E-state index in [1.54, 1.807) is 4.90 Å². The lowest BCUT2D eigenvalue weighted by molar-refractivity contribution is 0.0258. The summed E-state index contributed by atoms with van der Waals surface area (Å²) in [6.45, 7) is 6.90. The van der Waals surface area contributed by atoms with Gasteiger partial charge in [0.25, 0.3) is 0 Å². The first kappa shape index (κ1) is 16.0. The molecule has 0 spiro atoms. The van der Waals surface area contributed by atoms with Crippen molar-refractivity contribution in [2.24, 2.45) is 5.92 Å². The van der Waals surface area contributed by atoms with Gasteiger partial charge in [-0.2, -0.15) is 17.9 Å². The van der Waals surface area contributed by atoms with Gasteiger partial charge in [-0.05, 0) is 39.2 Å². The number of hydrogen-bond acceptors (Lipinski definition) is 5. The summed E-state index contributed by atoms with van der Waals surface area (Å²) in [5, 5.41) is 12.3. The number of thiol groups is 1. The van der Waals surface area contributed by atoms with Crippen molar-refractivity contribution in [1.29, 1.82) is 5.26 Å². The summed E-state index contributed by atoms with van der Waals surface area (Å²) in [5.74, 6) is -0.111. The van der Waals surface area contributed by atoms with Crippen LogP contribution >= 0.6 is 12.6 Å². The summed E-state index contributed by atoms with van der Waals surface area (Å²) < 4.78 is 5.43. The van der Waals surface area contributed by atoms with Crippen molar-refractivity contribution in [3.8, 4) is 6.07 Å². The van der Waals surface area contributed by atoms with Crippen LogP contribution in [-0.4, -0.2) is 35.1 Å². The van der Waals surface area contributed by atoms with Crippen LogP contribution in [0.4, 0.5) is 4.79 Å². The van der Waals surface area contributed by atoms with Crippen molar-refractivity contribution in [3.05, 3.63) is 11.3 Å². The smallest absolute Gasteiger partial charge is 0.410 e. The zero-order valence-corrected chi connectivity index (χ0v) is 13.7. The Balaban J connectivity index is 2.00. The van der Waals surface area contributed by atoms with Crippen LogP contribution in [0, 0.1) is 17.2 Å². The summed E-state index contributed by atoms with van der Waals surface area (Å²) in [7, 11) is 0. The van der Waals surface area contributed by atoms with E-state index >= 15 is 0 Å². The van der Waals surface area contributed by atoms with E-state index in [9.17, 15) is 4.79 Å². The number of nitrogens with zero attached hydrogens (tertiary/aromatic N) is 2. The van der Waals surface area contributed by atoms with Crippen molar-refractivity contribution in [2.75, 3.05) is 13.1 Å². The van der Waals surface area contributed by atoms with Gasteiger partial charge >= 0.3 is 6.09 Å². The SMILES string of the molecule is CC(C)(C)OC(=O)N1CCC2=C(CC1)N[C@H](S)C(C#N)C2. The van der Waals surface area contributed by atoms with Crippen LogP contribution < -0.4 is 5.32 Å². The van der Waals surface area contributed by atoms with Gasteiger partial charge in [0.15, 0.2) is 0 Å². The quantitative estimate of drug-likeness (QED) is 0.675. The zero-order valence-electron chi connectivity index (χ0n) is 12.8. The summed E-state index contributed by atoms with van der Waals surface area (Å²) in [6.07, 6.45) is 2.04. The van der Waals surface area contributed by atoms with E-state index in [1.807, 2.05) is 20.8 Å². The molecule has 116 valence electrons. The average Bonchev–Trinajstić information content (AvgIpc) is 2.57. The molecule has 2 atom stereocenters. The van der Waals surface area contributed by atoms with Gasteiger partial charge in [0.05, 0.1) is 17.4 Å². The number of amides is 1. The maximum Gasteiger partial charge on any atom is 0.410 e. The number of nitrogens with one attached hydrogen (secondary N) is 1. The van der Waals surface area contributed by atoms with Crippen molar-refractivity contribution in [2.45, 2.75) is 51.0 Å². The first-order chi connectivity index (χ1) is 9.80. The van der Waals surface area contributed by atoms with E-state index in [-0.39, 0.29) is 17.4 Å². The number of rotatable bonds is 0. The minimum Gasteiger partial charge on any atom is -0.444 e. The topological polar surface area (TPSA) is 65.4 Å². The minimum atomic E-state index is -0.475. The second-order valence-corrected chi connectivity index (χ2v) is 7.13. The van der Waals surface area contributed by atoms with Gasteiger partial charge in [0, 0.05) is 25.2 Å². The van der Waals surface area contributed by atoms with Crippen LogP contribution in [0.2, 0.25) is 0 Å². The molecule has 0 aromatic carbocycles. The maximum absolute atomic E-state index is 12.2. The number of nitriles is 1. The average molecular weight is 309 g/mol. The molecule has 1 N–H and O–H groups in total. The molecule has 5 nitrogen and oxygen atoms in total. The molecule has 2 aliphatic heterocycles. The fraction of sp³-hybridized carbons (Fsp3) is 0.733. The van der Waals surface area contributed by atoms with Crippen LogP contribution in [-0.2, 0) is 4.74 Å². The molecule has 1 unspecified atom stereocenters. The Kier molecular flexibility index (Phi) is 4.72. The highest BCUT2D eigenvalue weighted by atomic mass is 32.1. The van der Waals surface area contributed by atoms with Crippen molar-refractivity contribution in [3.63, 3.8) is 0 Å². The fourth-order valence-corrected chi connectivity index (χ4v) is 2.97. The van der Waals surface area contributed by atoms with Gasteiger partial charge in [-0.3, -0.25) is 0 Å². The molecule has 0 aliphatic carbocycles. The molecule has 0 bridgehead atoms. The zero-order chi connectivity index (χ0) is 15.6. The molecule has 0 fully saturated rings. The number of hydrogen-bond donors (Lipinski definition) is 2. The van der Waals surface area contributed by atoms with Crippen LogP contribution in [0.15, 0.2) is 11.3 Å². The standard InChI is InChI=1S/C15H23N3O2S/c1-15(2,3)20-14(19)18-6-4-10-8-11(9-16)13(21)17-12(10)5-7-18/h11,13,17,21H,4-8H2,1-3H3/t11?,13-/m1/s1. The highest BCUT2D eigenvalue weighted by Gasteiger charge is 2.31. The van der Waals surface area contributed by atoms with E-state index in [0.29, 0.717) is 13.1 Å². The summed E-state index contributed by atoms with van der Waals surface area (Å²) >= 11 is 4.43. The van der Waals surface area contributed by atoms with Gasteiger partial charge in [-0.25, -0.2) is 4.79 Å². The Morgan fingerprint density at radius 1 is 1.43 bits per heavy atom. The molecule has 1 amide bonds. The van der Waals surface area contributed by atoms with Crippen molar-refractivity contribution < 1.29 is 9.53 Å². The Labute approximate surface area is 131 Å². The lowest BCUT2D eigenvalue weighted by atomic mass is 9.92. The molecule has 2 aliphatic rings. The third-order valence-corrected chi connectivity index (χ3v) is 4.22. The van der Waals surface area contributed by atoms with Gasteiger partial charge in [0.2, 0.25) is 0 Å². The van der Waals surface area contributed by atoms with Gasteiger partial charge in [-0.1, -0.05) is 0 Å². The van der Waals surface area contributed by atoms with Crippen molar-refractivity contribution in [1.82, 2.24) is 10.2 Å². The monoisotopic (exact) mass is 309 g/mol. The molecular formula is C15H23N3O2S. The van der Waals surface area contributed by atoms with E-state index in [2.05, 4.69) is 24.0 Å². The fourth-order valence-electron chi connectivity index (χ4n) is 2.64.